The lowest BCUT2D eigenvalue weighted by Crippen LogP contribution is -1.87. The number of halogens is 1. The van der Waals surface area contributed by atoms with Crippen molar-refractivity contribution in [2.75, 3.05) is 5.73 Å². The zero-order chi connectivity index (χ0) is 10.7. The van der Waals surface area contributed by atoms with Crippen LogP contribution in [0.15, 0.2) is 48.5 Å². The highest BCUT2D eigenvalue weighted by Gasteiger charge is 1.97. The van der Waals surface area contributed by atoms with Gasteiger partial charge in [0.1, 0.15) is 17.3 Å². The molecule has 0 aliphatic carbocycles. The molecule has 0 saturated carbocycles. The highest BCUT2D eigenvalue weighted by Crippen LogP contribution is 2.22. The number of rotatable bonds is 2. The van der Waals surface area contributed by atoms with Crippen LogP contribution in [0.4, 0.5) is 10.1 Å². The fraction of sp³-hybridized carbons (Fsp3) is 0. The lowest BCUT2D eigenvalue weighted by molar-refractivity contribution is 0.477. The first-order chi connectivity index (χ1) is 7.24. The summed E-state index contributed by atoms with van der Waals surface area (Å²) < 4.78 is 18.3. The van der Waals surface area contributed by atoms with E-state index in [4.69, 9.17) is 10.5 Å². The fourth-order valence-corrected chi connectivity index (χ4v) is 1.20. The maximum Gasteiger partial charge on any atom is 0.130 e. The number of ether oxygens (including phenoxy) is 1. The normalized spacial score (nSPS) is 9.93. The van der Waals surface area contributed by atoms with E-state index < -0.39 is 0 Å². The molecule has 0 spiro atoms. The molecular formula is C12H10FNO. The van der Waals surface area contributed by atoms with Gasteiger partial charge in [-0.2, -0.15) is 0 Å². The monoisotopic (exact) mass is 203 g/mol. The molecule has 2 nitrogen and oxygen atoms in total. The van der Waals surface area contributed by atoms with Gasteiger partial charge < -0.3 is 10.5 Å². The predicted molar refractivity (Wildman–Crippen MR) is 57.3 cm³/mol. The van der Waals surface area contributed by atoms with Crippen LogP contribution in [0.2, 0.25) is 0 Å². The number of hydrogen-bond donors (Lipinski definition) is 1. The Kier molecular flexibility index (Phi) is 2.54. The SMILES string of the molecule is Nc1ccc(Oc2cccc(F)c2)cc1. The van der Waals surface area contributed by atoms with Gasteiger partial charge in [0.2, 0.25) is 0 Å². The summed E-state index contributed by atoms with van der Waals surface area (Å²) in [6, 6.07) is 12.9. The Labute approximate surface area is 87.1 Å². The molecule has 0 aromatic heterocycles. The van der Waals surface area contributed by atoms with E-state index in [0.717, 1.165) is 0 Å². The first-order valence-corrected chi connectivity index (χ1v) is 4.53. The van der Waals surface area contributed by atoms with Crippen LogP contribution in [0.5, 0.6) is 11.5 Å². The van der Waals surface area contributed by atoms with Crippen molar-refractivity contribution in [1.82, 2.24) is 0 Å². The molecule has 0 aliphatic rings. The van der Waals surface area contributed by atoms with Crippen LogP contribution in [0.1, 0.15) is 0 Å². The molecule has 76 valence electrons. The molecule has 0 aliphatic heterocycles. The van der Waals surface area contributed by atoms with Crippen molar-refractivity contribution in [3.05, 3.63) is 54.3 Å². The third kappa shape index (κ3) is 2.47. The summed E-state index contributed by atoms with van der Waals surface area (Å²) >= 11 is 0. The third-order valence-electron chi connectivity index (χ3n) is 1.91. The Morgan fingerprint density at radius 1 is 0.933 bits per heavy atom. The van der Waals surface area contributed by atoms with Crippen molar-refractivity contribution in [3.63, 3.8) is 0 Å². The van der Waals surface area contributed by atoms with Gasteiger partial charge in [0.05, 0.1) is 0 Å². The Morgan fingerprint density at radius 3 is 2.33 bits per heavy atom. The van der Waals surface area contributed by atoms with E-state index in [-0.39, 0.29) is 5.82 Å². The fourth-order valence-electron chi connectivity index (χ4n) is 1.20. The summed E-state index contributed by atoms with van der Waals surface area (Å²) in [6.45, 7) is 0. The zero-order valence-electron chi connectivity index (χ0n) is 7.98. The lowest BCUT2D eigenvalue weighted by Gasteiger charge is -2.05. The van der Waals surface area contributed by atoms with Crippen LogP contribution >= 0.6 is 0 Å². The highest BCUT2D eigenvalue weighted by atomic mass is 19.1. The number of anilines is 1. The van der Waals surface area contributed by atoms with Gasteiger partial charge in [0, 0.05) is 11.8 Å². The van der Waals surface area contributed by atoms with E-state index in [1.807, 2.05) is 0 Å². The van der Waals surface area contributed by atoms with Crippen molar-refractivity contribution in [2.45, 2.75) is 0 Å². The van der Waals surface area contributed by atoms with E-state index in [0.29, 0.717) is 17.2 Å². The molecule has 0 saturated heterocycles. The van der Waals surface area contributed by atoms with Crippen LogP contribution in [-0.2, 0) is 0 Å². The standard InChI is InChI=1S/C12H10FNO/c13-9-2-1-3-12(8-9)15-11-6-4-10(14)5-7-11/h1-8H,14H2. The minimum atomic E-state index is -0.317. The molecular weight excluding hydrogens is 193 g/mol. The quantitative estimate of drug-likeness (QED) is 0.760. The second-order valence-corrected chi connectivity index (χ2v) is 3.13. The summed E-state index contributed by atoms with van der Waals surface area (Å²) in [5.74, 6) is 0.789. The summed E-state index contributed by atoms with van der Waals surface area (Å²) in [4.78, 5) is 0. The smallest absolute Gasteiger partial charge is 0.130 e. The van der Waals surface area contributed by atoms with Gasteiger partial charge in [-0.25, -0.2) is 4.39 Å². The van der Waals surface area contributed by atoms with Crippen molar-refractivity contribution in [2.24, 2.45) is 0 Å². The number of benzene rings is 2. The summed E-state index contributed by atoms with van der Waals surface area (Å²) in [7, 11) is 0. The molecule has 0 fully saturated rings. The van der Waals surface area contributed by atoms with Gasteiger partial charge in [0.25, 0.3) is 0 Å². The molecule has 2 aromatic rings. The van der Waals surface area contributed by atoms with E-state index in [2.05, 4.69) is 0 Å². The lowest BCUT2D eigenvalue weighted by atomic mass is 10.3. The number of nitrogen functional groups attached to an aromatic ring is 1. The minimum absolute atomic E-state index is 0.317. The molecule has 0 bridgehead atoms. The van der Waals surface area contributed by atoms with Crippen molar-refractivity contribution >= 4 is 5.69 Å². The Balaban J connectivity index is 2.18. The first kappa shape index (κ1) is 9.52. The van der Waals surface area contributed by atoms with Crippen LogP contribution in [0, 0.1) is 5.82 Å². The topological polar surface area (TPSA) is 35.2 Å². The van der Waals surface area contributed by atoms with E-state index >= 15 is 0 Å². The van der Waals surface area contributed by atoms with Gasteiger partial charge in [-0.15, -0.1) is 0 Å². The second-order valence-electron chi connectivity index (χ2n) is 3.13. The minimum Gasteiger partial charge on any atom is -0.457 e. The zero-order valence-corrected chi connectivity index (χ0v) is 7.98. The average Bonchev–Trinajstić information content (AvgIpc) is 2.22. The maximum absolute atomic E-state index is 12.8. The van der Waals surface area contributed by atoms with Gasteiger partial charge in [-0.05, 0) is 36.4 Å². The van der Waals surface area contributed by atoms with Crippen molar-refractivity contribution in [1.29, 1.82) is 0 Å². The maximum atomic E-state index is 12.8. The van der Waals surface area contributed by atoms with Gasteiger partial charge in [-0.1, -0.05) is 6.07 Å². The molecule has 0 atom stereocenters. The molecule has 0 radical (unpaired) electrons. The number of nitrogens with two attached hydrogens (primary N) is 1. The summed E-state index contributed by atoms with van der Waals surface area (Å²) in [5.41, 5.74) is 6.20. The van der Waals surface area contributed by atoms with E-state index in [1.165, 1.54) is 12.1 Å². The van der Waals surface area contributed by atoms with Crippen molar-refractivity contribution < 1.29 is 9.13 Å². The van der Waals surface area contributed by atoms with Crippen LogP contribution in [0.3, 0.4) is 0 Å². The molecule has 15 heavy (non-hydrogen) atoms. The Morgan fingerprint density at radius 2 is 1.67 bits per heavy atom. The molecule has 3 heteroatoms. The van der Waals surface area contributed by atoms with Crippen LogP contribution in [0.25, 0.3) is 0 Å². The first-order valence-electron chi connectivity index (χ1n) is 4.53. The predicted octanol–water partition coefficient (Wildman–Crippen LogP) is 3.20. The Bertz CT molecular complexity index is 453. The van der Waals surface area contributed by atoms with E-state index in [1.54, 1.807) is 36.4 Å². The second kappa shape index (κ2) is 4.00. The molecule has 0 unspecified atom stereocenters. The number of hydrogen-bond acceptors (Lipinski definition) is 2. The largest absolute Gasteiger partial charge is 0.457 e. The summed E-state index contributed by atoms with van der Waals surface area (Å²) in [5, 5.41) is 0. The third-order valence-corrected chi connectivity index (χ3v) is 1.91. The van der Waals surface area contributed by atoms with Crippen LogP contribution in [-0.4, -0.2) is 0 Å². The van der Waals surface area contributed by atoms with Gasteiger partial charge >= 0.3 is 0 Å². The molecule has 0 heterocycles. The molecule has 2 aromatic carbocycles. The van der Waals surface area contributed by atoms with Crippen molar-refractivity contribution in [3.8, 4) is 11.5 Å². The van der Waals surface area contributed by atoms with Gasteiger partial charge in [-0.3, -0.25) is 0 Å². The highest BCUT2D eigenvalue weighted by molar-refractivity contribution is 5.43. The average molecular weight is 203 g/mol. The van der Waals surface area contributed by atoms with Gasteiger partial charge in [0.15, 0.2) is 0 Å². The molecule has 0 amide bonds. The van der Waals surface area contributed by atoms with Crippen LogP contribution < -0.4 is 10.5 Å². The Hall–Kier alpha value is -2.03. The molecule has 2 rings (SSSR count). The molecule has 2 N–H and O–H groups in total. The van der Waals surface area contributed by atoms with E-state index in [9.17, 15) is 4.39 Å². The summed E-state index contributed by atoms with van der Waals surface area (Å²) in [6.07, 6.45) is 0.